The van der Waals surface area contributed by atoms with Crippen LogP contribution in [-0.2, 0) is 11.3 Å². The molecule has 3 rings (SSSR count). The summed E-state index contributed by atoms with van der Waals surface area (Å²) in [5.74, 6) is 0.00457. The number of pyridine rings is 1. The summed E-state index contributed by atoms with van der Waals surface area (Å²) in [4.78, 5) is 28.5. The van der Waals surface area contributed by atoms with Crippen LogP contribution in [0.5, 0.6) is 0 Å². The third kappa shape index (κ3) is 4.15. The van der Waals surface area contributed by atoms with Crippen molar-refractivity contribution in [1.29, 1.82) is 0 Å². The number of amides is 1. The summed E-state index contributed by atoms with van der Waals surface area (Å²) in [6.07, 6.45) is 6.99. The van der Waals surface area contributed by atoms with Crippen LogP contribution in [0.4, 0.5) is 5.69 Å². The number of aromatic nitrogens is 3. The van der Waals surface area contributed by atoms with Crippen molar-refractivity contribution in [3.05, 3.63) is 58.6 Å². The molecule has 0 atom stereocenters. The standard InChI is InChI=1S/C19H22N4O2/c1-2-3-4-7-18(24)21-15-8-9-16-17(11-15)22-23(19(16)25)13-14-6-5-10-20-12-14/h5-6,8-12,22H,2-4,7,13H2,1H3,(H,21,24). The molecule has 0 saturated heterocycles. The van der Waals surface area contributed by atoms with Crippen LogP contribution in [-0.4, -0.2) is 20.7 Å². The van der Waals surface area contributed by atoms with Crippen LogP contribution in [0.1, 0.15) is 38.2 Å². The molecule has 0 fully saturated rings. The van der Waals surface area contributed by atoms with Gasteiger partial charge in [0, 0.05) is 24.5 Å². The van der Waals surface area contributed by atoms with Crippen molar-refractivity contribution in [2.45, 2.75) is 39.2 Å². The van der Waals surface area contributed by atoms with E-state index in [0.29, 0.717) is 29.6 Å². The molecule has 6 heteroatoms. The first-order chi connectivity index (χ1) is 12.2. The Hall–Kier alpha value is -2.89. The van der Waals surface area contributed by atoms with Crippen LogP contribution in [0.25, 0.3) is 10.9 Å². The maximum Gasteiger partial charge on any atom is 0.274 e. The number of fused-ring (bicyclic) bond motifs is 1. The Morgan fingerprint density at radius 3 is 2.92 bits per heavy atom. The Bertz CT molecular complexity index is 912. The predicted octanol–water partition coefficient (Wildman–Crippen LogP) is 3.29. The largest absolute Gasteiger partial charge is 0.326 e. The van der Waals surface area contributed by atoms with Gasteiger partial charge in [0.05, 0.1) is 17.4 Å². The van der Waals surface area contributed by atoms with Crippen molar-refractivity contribution in [2.24, 2.45) is 0 Å². The van der Waals surface area contributed by atoms with Crippen molar-refractivity contribution in [3.8, 4) is 0 Å². The molecule has 0 bridgehead atoms. The highest BCUT2D eigenvalue weighted by Crippen LogP contribution is 2.16. The van der Waals surface area contributed by atoms with Crippen LogP contribution < -0.4 is 10.9 Å². The third-order valence-electron chi connectivity index (χ3n) is 4.11. The van der Waals surface area contributed by atoms with Gasteiger partial charge >= 0.3 is 0 Å². The van der Waals surface area contributed by atoms with Crippen molar-refractivity contribution in [2.75, 3.05) is 5.32 Å². The molecule has 1 amide bonds. The first-order valence-electron chi connectivity index (χ1n) is 8.58. The van der Waals surface area contributed by atoms with E-state index in [2.05, 4.69) is 22.3 Å². The van der Waals surface area contributed by atoms with Crippen LogP contribution in [0.3, 0.4) is 0 Å². The fraction of sp³-hybridized carbons (Fsp3) is 0.316. The zero-order valence-electron chi connectivity index (χ0n) is 14.3. The van der Waals surface area contributed by atoms with Crippen molar-refractivity contribution >= 4 is 22.5 Å². The summed E-state index contributed by atoms with van der Waals surface area (Å²) in [6.45, 7) is 2.54. The Balaban J connectivity index is 1.77. The summed E-state index contributed by atoms with van der Waals surface area (Å²) < 4.78 is 1.55. The Morgan fingerprint density at radius 2 is 2.16 bits per heavy atom. The first-order valence-corrected chi connectivity index (χ1v) is 8.58. The number of hydrogen-bond donors (Lipinski definition) is 2. The number of carbonyl (C=O) groups is 1. The Labute approximate surface area is 145 Å². The van der Waals surface area contributed by atoms with Gasteiger partial charge in [0.15, 0.2) is 0 Å². The van der Waals surface area contributed by atoms with E-state index in [1.54, 1.807) is 35.3 Å². The van der Waals surface area contributed by atoms with E-state index in [-0.39, 0.29) is 11.5 Å². The van der Waals surface area contributed by atoms with Crippen molar-refractivity contribution in [1.82, 2.24) is 14.8 Å². The Morgan fingerprint density at radius 1 is 1.28 bits per heavy atom. The summed E-state index contributed by atoms with van der Waals surface area (Å²) >= 11 is 0. The molecule has 130 valence electrons. The highest BCUT2D eigenvalue weighted by molar-refractivity contribution is 5.93. The molecule has 3 aromatic rings. The van der Waals surface area contributed by atoms with Gasteiger partial charge in [-0.1, -0.05) is 25.8 Å². The lowest BCUT2D eigenvalue weighted by Crippen LogP contribution is -2.17. The molecule has 2 heterocycles. The molecule has 0 aliphatic heterocycles. The van der Waals surface area contributed by atoms with Crippen LogP contribution in [0, 0.1) is 0 Å². The minimum Gasteiger partial charge on any atom is -0.326 e. The molecule has 0 aliphatic rings. The van der Waals surface area contributed by atoms with Gasteiger partial charge < -0.3 is 5.32 Å². The van der Waals surface area contributed by atoms with E-state index in [9.17, 15) is 9.59 Å². The molecule has 25 heavy (non-hydrogen) atoms. The number of H-pyrrole nitrogens is 1. The van der Waals surface area contributed by atoms with Crippen LogP contribution >= 0.6 is 0 Å². The highest BCUT2D eigenvalue weighted by atomic mass is 16.1. The maximum atomic E-state index is 12.5. The molecule has 2 aromatic heterocycles. The zero-order valence-corrected chi connectivity index (χ0v) is 14.3. The first kappa shape index (κ1) is 17.0. The van der Waals surface area contributed by atoms with Crippen LogP contribution in [0.15, 0.2) is 47.5 Å². The third-order valence-corrected chi connectivity index (χ3v) is 4.11. The minimum atomic E-state index is -0.0836. The average molecular weight is 338 g/mol. The molecular weight excluding hydrogens is 316 g/mol. The van der Waals surface area contributed by atoms with Gasteiger partial charge in [0.2, 0.25) is 5.91 Å². The summed E-state index contributed by atoms with van der Waals surface area (Å²) in [5.41, 5.74) is 2.27. The second-order valence-electron chi connectivity index (χ2n) is 6.13. The van der Waals surface area contributed by atoms with Gasteiger partial charge in [0.1, 0.15) is 0 Å². The van der Waals surface area contributed by atoms with Crippen molar-refractivity contribution < 1.29 is 4.79 Å². The quantitative estimate of drug-likeness (QED) is 0.649. The summed E-state index contributed by atoms with van der Waals surface area (Å²) in [6, 6.07) is 9.08. The highest BCUT2D eigenvalue weighted by Gasteiger charge is 2.09. The summed E-state index contributed by atoms with van der Waals surface area (Å²) in [5, 5.41) is 6.60. The van der Waals surface area contributed by atoms with Gasteiger partial charge in [0.25, 0.3) is 5.56 Å². The number of nitrogens with one attached hydrogen (secondary N) is 2. The smallest absolute Gasteiger partial charge is 0.274 e. The second-order valence-corrected chi connectivity index (χ2v) is 6.13. The van der Waals surface area contributed by atoms with E-state index in [1.807, 2.05) is 12.1 Å². The fourth-order valence-corrected chi connectivity index (χ4v) is 2.79. The number of carbonyl (C=O) groups excluding carboxylic acids is 1. The lowest BCUT2D eigenvalue weighted by Gasteiger charge is -2.04. The van der Waals surface area contributed by atoms with Gasteiger partial charge in [-0.25, -0.2) is 4.68 Å². The minimum absolute atomic E-state index is 0.00457. The van der Waals surface area contributed by atoms with Gasteiger partial charge in [-0.3, -0.25) is 19.7 Å². The van der Waals surface area contributed by atoms with Gasteiger partial charge in [-0.2, -0.15) is 0 Å². The number of rotatable bonds is 7. The molecular formula is C19H22N4O2. The number of nitrogens with zero attached hydrogens (tertiary/aromatic N) is 2. The number of benzene rings is 1. The molecule has 0 spiro atoms. The Kier molecular flexibility index (Phi) is 5.28. The molecule has 0 saturated carbocycles. The monoisotopic (exact) mass is 338 g/mol. The number of hydrogen-bond acceptors (Lipinski definition) is 3. The van der Waals surface area contributed by atoms with E-state index >= 15 is 0 Å². The fourth-order valence-electron chi connectivity index (χ4n) is 2.79. The molecule has 6 nitrogen and oxygen atoms in total. The normalized spacial score (nSPS) is 10.9. The van der Waals surface area contributed by atoms with E-state index in [1.165, 1.54) is 0 Å². The number of anilines is 1. The van der Waals surface area contributed by atoms with Crippen molar-refractivity contribution in [3.63, 3.8) is 0 Å². The number of aromatic amines is 1. The topological polar surface area (TPSA) is 79.8 Å². The van der Waals surface area contributed by atoms with E-state index in [4.69, 9.17) is 0 Å². The maximum absolute atomic E-state index is 12.5. The number of unbranched alkanes of at least 4 members (excludes halogenated alkanes) is 2. The molecule has 1 aromatic carbocycles. The summed E-state index contributed by atoms with van der Waals surface area (Å²) in [7, 11) is 0. The van der Waals surface area contributed by atoms with E-state index in [0.717, 1.165) is 24.8 Å². The lowest BCUT2D eigenvalue weighted by molar-refractivity contribution is -0.116. The lowest BCUT2D eigenvalue weighted by atomic mass is 10.2. The second kappa shape index (κ2) is 7.79. The molecule has 0 radical (unpaired) electrons. The zero-order chi connectivity index (χ0) is 17.6. The molecule has 0 aliphatic carbocycles. The molecule has 2 N–H and O–H groups in total. The van der Waals surface area contributed by atoms with E-state index < -0.39 is 0 Å². The van der Waals surface area contributed by atoms with Gasteiger partial charge in [-0.05, 0) is 36.2 Å². The average Bonchev–Trinajstić information content (AvgIpc) is 2.91. The SMILES string of the molecule is CCCCCC(=O)Nc1ccc2c(=O)n(Cc3cccnc3)[nH]c2c1. The molecule has 0 unspecified atom stereocenters. The van der Waals surface area contributed by atoms with Crippen LogP contribution in [0.2, 0.25) is 0 Å². The predicted molar refractivity (Wildman–Crippen MR) is 98.7 cm³/mol. The van der Waals surface area contributed by atoms with Gasteiger partial charge in [-0.15, -0.1) is 0 Å².